The van der Waals surface area contributed by atoms with Gasteiger partial charge in [0.1, 0.15) is 17.3 Å². The maximum atomic E-state index is 14.5. The van der Waals surface area contributed by atoms with Crippen LogP contribution in [0.3, 0.4) is 0 Å². The summed E-state index contributed by atoms with van der Waals surface area (Å²) in [6, 6.07) is 12.8. The first-order valence-electron chi connectivity index (χ1n) is 11.4. The molecule has 1 saturated heterocycles. The second-order valence-corrected chi connectivity index (χ2v) is 8.56. The highest BCUT2D eigenvalue weighted by molar-refractivity contribution is 5.84. The maximum absolute atomic E-state index is 14.5. The highest BCUT2D eigenvalue weighted by Crippen LogP contribution is 2.30. The van der Waals surface area contributed by atoms with Crippen molar-refractivity contribution in [2.24, 2.45) is 0 Å². The Kier molecular flexibility index (Phi) is 5.88. The molecule has 1 aliphatic rings. The molecule has 4 aromatic rings. The van der Waals surface area contributed by atoms with E-state index < -0.39 is 0 Å². The zero-order valence-corrected chi connectivity index (χ0v) is 19.3. The Morgan fingerprint density at radius 2 is 1.76 bits per heavy atom. The molecular weight excluding hydrogens is 431 g/mol. The molecule has 0 radical (unpaired) electrons. The van der Waals surface area contributed by atoms with Crippen LogP contribution >= 0.6 is 0 Å². The Balaban J connectivity index is 1.31. The van der Waals surface area contributed by atoms with Crippen LogP contribution in [0.15, 0.2) is 61.1 Å². The predicted molar refractivity (Wildman–Crippen MR) is 132 cm³/mol. The number of nitrogens with one attached hydrogen (secondary N) is 1. The third-order valence-corrected chi connectivity index (χ3v) is 6.35. The average molecular weight is 459 g/mol. The van der Waals surface area contributed by atoms with Crippen molar-refractivity contribution in [3.8, 4) is 11.3 Å². The lowest BCUT2D eigenvalue weighted by atomic mass is 10.1. The number of aromatic nitrogens is 3. The number of carbonyl (C=O) groups is 1. The molecule has 3 heterocycles. The summed E-state index contributed by atoms with van der Waals surface area (Å²) in [6.07, 6.45) is 5.01. The summed E-state index contributed by atoms with van der Waals surface area (Å²) in [5.74, 6) is 0.213. The minimum Gasteiger partial charge on any atom is -0.368 e. The van der Waals surface area contributed by atoms with Gasteiger partial charge in [-0.3, -0.25) is 14.2 Å². The van der Waals surface area contributed by atoms with Crippen molar-refractivity contribution in [1.29, 1.82) is 0 Å². The van der Waals surface area contributed by atoms with Gasteiger partial charge in [-0.15, -0.1) is 0 Å². The van der Waals surface area contributed by atoms with Crippen LogP contribution in [0.5, 0.6) is 0 Å². The summed E-state index contributed by atoms with van der Waals surface area (Å²) >= 11 is 0. The molecule has 0 spiro atoms. The van der Waals surface area contributed by atoms with Gasteiger partial charge < -0.3 is 15.1 Å². The lowest BCUT2D eigenvalue weighted by Gasteiger charge is -2.37. The first-order chi connectivity index (χ1) is 16.5. The van der Waals surface area contributed by atoms with Crippen LogP contribution in [0.2, 0.25) is 0 Å². The van der Waals surface area contributed by atoms with E-state index in [1.807, 2.05) is 4.90 Å². The van der Waals surface area contributed by atoms with Gasteiger partial charge in [-0.2, -0.15) is 0 Å². The maximum Gasteiger partial charge on any atom is 0.242 e. The number of carbonyl (C=O) groups excluding carboxylic acids is 1. The Morgan fingerprint density at radius 1 is 1.03 bits per heavy atom. The molecule has 8 heteroatoms. The molecule has 5 rings (SSSR count). The van der Waals surface area contributed by atoms with E-state index in [-0.39, 0.29) is 18.3 Å². The van der Waals surface area contributed by atoms with E-state index in [9.17, 15) is 9.18 Å². The number of nitrogens with zero attached hydrogens (tertiary/aromatic N) is 5. The number of rotatable bonds is 5. The lowest BCUT2D eigenvalue weighted by molar-refractivity contribution is -0.129. The number of imidazole rings is 1. The zero-order valence-electron chi connectivity index (χ0n) is 19.3. The van der Waals surface area contributed by atoms with Gasteiger partial charge in [0.05, 0.1) is 12.7 Å². The van der Waals surface area contributed by atoms with Crippen molar-refractivity contribution in [1.82, 2.24) is 19.3 Å². The highest BCUT2D eigenvalue weighted by Gasteiger charge is 2.24. The predicted octanol–water partition coefficient (Wildman–Crippen LogP) is 3.91. The molecule has 7 nitrogen and oxygen atoms in total. The minimum absolute atomic E-state index is 0.00430. The number of fused-ring (bicyclic) bond motifs is 1. The summed E-state index contributed by atoms with van der Waals surface area (Å²) in [6.45, 7) is 7.25. The van der Waals surface area contributed by atoms with Gasteiger partial charge in [-0.25, -0.2) is 9.37 Å². The molecule has 34 heavy (non-hydrogen) atoms. The Morgan fingerprint density at radius 3 is 2.50 bits per heavy atom. The number of piperazine rings is 1. The van der Waals surface area contributed by atoms with E-state index in [0.717, 1.165) is 13.1 Å². The molecule has 174 valence electrons. The number of aryl methyl sites for hydroxylation is 2. The number of hydrogen-bond donors (Lipinski definition) is 1. The van der Waals surface area contributed by atoms with E-state index in [1.54, 1.807) is 41.2 Å². The first kappa shape index (κ1) is 21.9. The number of halogens is 1. The van der Waals surface area contributed by atoms with Gasteiger partial charge in [-0.05, 0) is 37.1 Å². The normalized spacial score (nSPS) is 14.0. The monoisotopic (exact) mass is 458 g/mol. The number of amides is 1. The summed E-state index contributed by atoms with van der Waals surface area (Å²) in [5, 5.41) is 3.22. The molecule has 1 N–H and O–H groups in total. The number of benzene rings is 2. The first-order valence-corrected chi connectivity index (χ1v) is 11.4. The molecule has 0 aliphatic carbocycles. The Labute approximate surface area is 197 Å². The molecular formula is C26H27FN6O. The van der Waals surface area contributed by atoms with E-state index in [2.05, 4.69) is 52.2 Å². The second kappa shape index (κ2) is 9.13. The van der Waals surface area contributed by atoms with Gasteiger partial charge in [-0.1, -0.05) is 30.3 Å². The van der Waals surface area contributed by atoms with E-state index in [1.165, 1.54) is 22.9 Å². The van der Waals surface area contributed by atoms with Crippen LogP contribution in [0, 0.1) is 19.7 Å². The largest absolute Gasteiger partial charge is 0.368 e. The molecule has 1 amide bonds. The fourth-order valence-corrected chi connectivity index (χ4v) is 4.67. The van der Waals surface area contributed by atoms with Crippen molar-refractivity contribution in [2.75, 3.05) is 42.9 Å². The van der Waals surface area contributed by atoms with Crippen molar-refractivity contribution >= 4 is 23.1 Å². The third-order valence-electron chi connectivity index (χ3n) is 6.35. The summed E-state index contributed by atoms with van der Waals surface area (Å²) in [7, 11) is 0. The third kappa shape index (κ3) is 4.07. The van der Waals surface area contributed by atoms with E-state index in [0.29, 0.717) is 35.8 Å². The van der Waals surface area contributed by atoms with Crippen LogP contribution < -0.4 is 10.2 Å². The number of hydrogen-bond acceptors (Lipinski definition) is 5. The SMILES string of the molecule is Cc1cccc(C)c1N1CCN(C(=O)CNc2c(-c3ccccc3F)nc3cnccn23)CC1. The Bertz CT molecular complexity index is 1320. The van der Waals surface area contributed by atoms with E-state index >= 15 is 0 Å². The van der Waals surface area contributed by atoms with Crippen LogP contribution in [0.1, 0.15) is 11.1 Å². The van der Waals surface area contributed by atoms with Crippen LogP contribution in [0.25, 0.3) is 16.9 Å². The molecule has 0 atom stereocenters. The van der Waals surface area contributed by atoms with Crippen molar-refractivity contribution in [3.05, 3.63) is 78.0 Å². The van der Waals surface area contributed by atoms with Gasteiger partial charge in [0.25, 0.3) is 0 Å². The van der Waals surface area contributed by atoms with Crippen molar-refractivity contribution in [2.45, 2.75) is 13.8 Å². The van der Waals surface area contributed by atoms with Crippen LogP contribution in [0.4, 0.5) is 15.9 Å². The van der Waals surface area contributed by atoms with Gasteiger partial charge >= 0.3 is 0 Å². The van der Waals surface area contributed by atoms with Crippen molar-refractivity contribution < 1.29 is 9.18 Å². The molecule has 2 aromatic heterocycles. The molecule has 0 unspecified atom stereocenters. The fraction of sp³-hybridized carbons (Fsp3) is 0.269. The molecule has 1 fully saturated rings. The van der Waals surface area contributed by atoms with E-state index in [4.69, 9.17) is 0 Å². The standard InChI is InChI=1S/C26H27FN6O/c1-18-6-5-7-19(2)25(18)32-14-12-31(13-15-32)23(34)17-29-26-24(20-8-3-4-9-21(20)27)30-22-16-28-10-11-33(22)26/h3-11,16,29H,12-15,17H2,1-2H3. The summed E-state index contributed by atoms with van der Waals surface area (Å²) < 4.78 is 16.3. The minimum atomic E-state index is -0.365. The second-order valence-electron chi connectivity index (χ2n) is 8.56. The fourth-order valence-electron chi connectivity index (χ4n) is 4.67. The topological polar surface area (TPSA) is 65.8 Å². The van der Waals surface area contributed by atoms with Gasteiger partial charge in [0.2, 0.25) is 5.91 Å². The number of anilines is 2. The van der Waals surface area contributed by atoms with Crippen molar-refractivity contribution in [3.63, 3.8) is 0 Å². The summed E-state index contributed by atoms with van der Waals surface area (Å²) in [4.78, 5) is 26.0. The molecule has 0 saturated carbocycles. The smallest absolute Gasteiger partial charge is 0.242 e. The molecule has 1 aliphatic heterocycles. The number of para-hydroxylation sites is 1. The van der Waals surface area contributed by atoms with Gasteiger partial charge in [0.15, 0.2) is 5.65 Å². The van der Waals surface area contributed by atoms with Crippen LogP contribution in [-0.4, -0.2) is 57.9 Å². The van der Waals surface area contributed by atoms with Crippen LogP contribution in [-0.2, 0) is 4.79 Å². The quantitative estimate of drug-likeness (QED) is 0.491. The summed E-state index contributed by atoms with van der Waals surface area (Å²) in [5.41, 5.74) is 5.19. The Hall–Kier alpha value is -3.94. The highest BCUT2D eigenvalue weighted by atomic mass is 19.1. The van der Waals surface area contributed by atoms with Gasteiger partial charge in [0, 0.05) is 49.8 Å². The molecule has 2 aromatic carbocycles. The average Bonchev–Trinajstić information content (AvgIpc) is 3.21. The molecule has 0 bridgehead atoms. The zero-order chi connectivity index (χ0) is 23.7. The lowest BCUT2D eigenvalue weighted by Crippen LogP contribution is -2.50.